The molecule has 0 radical (unpaired) electrons. The quantitative estimate of drug-likeness (QED) is 0.255. The van der Waals surface area contributed by atoms with Crippen molar-refractivity contribution in [2.24, 2.45) is 0 Å². The van der Waals surface area contributed by atoms with Crippen LogP contribution in [0.15, 0.2) is 24.3 Å². The number of carbonyl (C=O) groups is 2. The SMILES string of the molecule is CCCn1c(C)cc(C(=O)COC(=O)C(C)Nc2ccc(C(F)(F)F)cc2[N+](=O)[O-])c1C. The second kappa shape index (κ2) is 9.84. The van der Waals surface area contributed by atoms with Crippen molar-refractivity contribution in [3.05, 3.63) is 56.9 Å². The Bertz CT molecular complexity index is 1030. The van der Waals surface area contributed by atoms with Gasteiger partial charge in [-0.1, -0.05) is 6.92 Å². The Morgan fingerprint density at radius 2 is 1.91 bits per heavy atom. The molecule has 0 aliphatic heterocycles. The first-order valence-electron chi connectivity index (χ1n) is 9.85. The van der Waals surface area contributed by atoms with Gasteiger partial charge < -0.3 is 14.6 Å². The van der Waals surface area contributed by atoms with Gasteiger partial charge in [-0.05, 0) is 45.4 Å². The number of benzene rings is 1. The molecule has 174 valence electrons. The van der Waals surface area contributed by atoms with Crippen LogP contribution in [0.25, 0.3) is 0 Å². The molecule has 32 heavy (non-hydrogen) atoms. The normalized spacial score (nSPS) is 12.3. The third kappa shape index (κ3) is 5.65. The molecule has 0 aliphatic rings. The van der Waals surface area contributed by atoms with Crippen LogP contribution in [0.1, 0.15) is 47.6 Å². The number of hydrogen-bond acceptors (Lipinski definition) is 6. The number of nitrogens with one attached hydrogen (secondary N) is 1. The summed E-state index contributed by atoms with van der Waals surface area (Å²) in [4.78, 5) is 34.9. The van der Waals surface area contributed by atoms with Crippen molar-refractivity contribution in [2.45, 2.75) is 52.9 Å². The Labute approximate surface area is 182 Å². The van der Waals surface area contributed by atoms with E-state index in [1.807, 2.05) is 18.4 Å². The molecule has 1 aromatic heterocycles. The summed E-state index contributed by atoms with van der Waals surface area (Å²) in [6, 6.07) is 2.50. The number of nitrogens with zero attached hydrogens (tertiary/aromatic N) is 2. The predicted octanol–water partition coefficient (Wildman–Crippen LogP) is 4.67. The number of nitro benzene ring substituents is 1. The second-order valence-electron chi connectivity index (χ2n) is 7.32. The number of esters is 1. The van der Waals surface area contributed by atoms with Crippen molar-refractivity contribution in [1.29, 1.82) is 0 Å². The minimum atomic E-state index is -4.75. The van der Waals surface area contributed by atoms with E-state index in [2.05, 4.69) is 5.32 Å². The van der Waals surface area contributed by atoms with Crippen molar-refractivity contribution in [2.75, 3.05) is 11.9 Å². The monoisotopic (exact) mass is 455 g/mol. The van der Waals surface area contributed by atoms with Gasteiger partial charge in [0.25, 0.3) is 5.69 Å². The van der Waals surface area contributed by atoms with E-state index in [1.54, 1.807) is 13.0 Å². The molecule has 8 nitrogen and oxygen atoms in total. The highest BCUT2D eigenvalue weighted by Gasteiger charge is 2.33. The van der Waals surface area contributed by atoms with Gasteiger partial charge in [0.1, 0.15) is 11.7 Å². The van der Waals surface area contributed by atoms with Crippen LogP contribution in [0.2, 0.25) is 0 Å². The Morgan fingerprint density at radius 3 is 2.47 bits per heavy atom. The van der Waals surface area contributed by atoms with Gasteiger partial charge in [0, 0.05) is 29.6 Å². The molecule has 1 heterocycles. The van der Waals surface area contributed by atoms with Crippen LogP contribution < -0.4 is 5.32 Å². The summed E-state index contributed by atoms with van der Waals surface area (Å²) >= 11 is 0. The third-order valence-corrected chi connectivity index (χ3v) is 4.91. The second-order valence-corrected chi connectivity index (χ2v) is 7.32. The Kier molecular flexibility index (Phi) is 7.65. The van der Waals surface area contributed by atoms with Crippen molar-refractivity contribution in [3.8, 4) is 0 Å². The van der Waals surface area contributed by atoms with Gasteiger partial charge in [0.2, 0.25) is 5.78 Å². The number of Topliss-reactive ketones (excluding diaryl/α,β-unsaturated/α-hetero) is 1. The van der Waals surface area contributed by atoms with Gasteiger partial charge in [-0.15, -0.1) is 0 Å². The van der Waals surface area contributed by atoms with E-state index in [4.69, 9.17) is 4.74 Å². The maximum Gasteiger partial charge on any atom is 0.416 e. The minimum absolute atomic E-state index is 0.276. The van der Waals surface area contributed by atoms with Crippen LogP contribution >= 0.6 is 0 Å². The first-order valence-corrected chi connectivity index (χ1v) is 9.85. The van der Waals surface area contributed by atoms with E-state index in [9.17, 15) is 32.9 Å². The lowest BCUT2D eigenvalue weighted by Gasteiger charge is -2.15. The van der Waals surface area contributed by atoms with Gasteiger partial charge in [0.15, 0.2) is 6.61 Å². The fourth-order valence-corrected chi connectivity index (χ4v) is 3.26. The highest BCUT2D eigenvalue weighted by atomic mass is 19.4. The summed E-state index contributed by atoms with van der Waals surface area (Å²) in [6.45, 7) is 7.22. The number of aryl methyl sites for hydroxylation is 1. The zero-order valence-electron chi connectivity index (χ0n) is 18.1. The number of halogens is 3. The topological polar surface area (TPSA) is 103 Å². The minimum Gasteiger partial charge on any atom is -0.456 e. The summed E-state index contributed by atoms with van der Waals surface area (Å²) in [6.07, 6.45) is -3.86. The lowest BCUT2D eigenvalue weighted by molar-refractivity contribution is -0.384. The molecule has 1 N–H and O–H groups in total. The smallest absolute Gasteiger partial charge is 0.416 e. The average Bonchev–Trinajstić information content (AvgIpc) is 2.99. The van der Waals surface area contributed by atoms with Gasteiger partial charge in [-0.2, -0.15) is 13.2 Å². The molecule has 0 saturated heterocycles. The zero-order chi connectivity index (χ0) is 24.2. The molecule has 0 bridgehead atoms. The molecule has 2 rings (SSSR count). The molecule has 1 unspecified atom stereocenters. The maximum atomic E-state index is 12.8. The summed E-state index contributed by atoms with van der Waals surface area (Å²) in [7, 11) is 0. The molecule has 1 aromatic carbocycles. The largest absolute Gasteiger partial charge is 0.456 e. The van der Waals surface area contributed by atoms with Crippen molar-refractivity contribution >= 4 is 23.1 Å². The molecular formula is C21H24F3N3O5. The highest BCUT2D eigenvalue weighted by molar-refractivity contribution is 5.99. The first kappa shape index (κ1) is 24.9. The van der Waals surface area contributed by atoms with Crippen LogP contribution in [0.5, 0.6) is 0 Å². The molecule has 0 aliphatic carbocycles. The average molecular weight is 455 g/mol. The van der Waals surface area contributed by atoms with E-state index in [-0.39, 0.29) is 5.69 Å². The van der Waals surface area contributed by atoms with Crippen LogP contribution in [0.3, 0.4) is 0 Å². The molecule has 11 heteroatoms. The number of ketones is 1. The molecule has 1 atom stereocenters. The standard InChI is InChI=1S/C21H24F3N3O5/c1-5-8-26-12(2)9-16(14(26)4)19(28)11-32-20(29)13(3)25-17-7-6-15(21(22,23)24)10-18(17)27(30)31/h6-7,9-10,13,25H,5,8,11H2,1-4H3. The lowest BCUT2D eigenvalue weighted by atomic mass is 10.1. The Morgan fingerprint density at radius 1 is 1.25 bits per heavy atom. The number of hydrogen-bond donors (Lipinski definition) is 1. The summed E-state index contributed by atoms with van der Waals surface area (Å²) in [5.74, 6) is -1.28. The molecular weight excluding hydrogens is 431 g/mol. The van der Waals surface area contributed by atoms with Crippen LogP contribution in [-0.4, -0.2) is 33.9 Å². The zero-order valence-corrected chi connectivity index (χ0v) is 18.1. The fraction of sp³-hybridized carbons (Fsp3) is 0.429. The van der Waals surface area contributed by atoms with E-state index < -0.39 is 46.8 Å². The molecule has 0 saturated carbocycles. The van der Waals surface area contributed by atoms with Crippen molar-refractivity contribution in [3.63, 3.8) is 0 Å². The molecule has 0 amide bonds. The number of nitro groups is 1. The number of aromatic nitrogens is 1. The first-order chi connectivity index (χ1) is 14.9. The van der Waals surface area contributed by atoms with Crippen LogP contribution in [-0.2, 0) is 22.3 Å². The molecule has 0 spiro atoms. The van der Waals surface area contributed by atoms with Gasteiger partial charge >= 0.3 is 12.1 Å². The lowest BCUT2D eigenvalue weighted by Crippen LogP contribution is -2.30. The third-order valence-electron chi connectivity index (χ3n) is 4.91. The van der Waals surface area contributed by atoms with Gasteiger partial charge in [-0.25, -0.2) is 4.79 Å². The summed E-state index contributed by atoms with van der Waals surface area (Å²) in [5.41, 5.74) is -0.194. The summed E-state index contributed by atoms with van der Waals surface area (Å²) < 4.78 is 45.5. The summed E-state index contributed by atoms with van der Waals surface area (Å²) in [5, 5.41) is 13.6. The molecule has 2 aromatic rings. The van der Waals surface area contributed by atoms with Crippen LogP contribution in [0, 0.1) is 24.0 Å². The number of carbonyl (C=O) groups excluding carboxylic acids is 2. The highest BCUT2D eigenvalue weighted by Crippen LogP contribution is 2.35. The predicted molar refractivity (Wildman–Crippen MR) is 111 cm³/mol. The number of ether oxygens (including phenoxy) is 1. The van der Waals surface area contributed by atoms with Crippen molar-refractivity contribution < 1.29 is 32.4 Å². The van der Waals surface area contributed by atoms with Gasteiger partial charge in [-0.3, -0.25) is 14.9 Å². The van der Waals surface area contributed by atoms with E-state index in [1.165, 1.54) is 6.92 Å². The fourth-order valence-electron chi connectivity index (χ4n) is 3.26. The van der Waals surface area contributed by atoms with Gasteiger partial charge in [0.05, 0.1) is 10.5 Å². The van der Waals surface area contributed by atoms with Crippen molar-refractivity contribution in [1.82, 2.24) is 4.57 Å². The number of alkyl halides is 3. The Hall–Kier alpha value is -3.37. The Balaban J connectivity index is 2.07. The van der Waals surface area contributed by atoms with Crippen LogP contribution in [0.4, 0.5) is 24.5 Å². The van der Waals surface area contributed by atoms with E-state index in [0.29, 0.717) is 17.7 Å². The van der Waals surface area contributed by atoms with E-state index >= 15 is 0 Å². The number of rotatable bonds is 9. The maximum absolute atomic E-state index is 12.8. The molecule has 0 fully saturated rings. The van der Waals surface area contributed by atoms with E-state index in [0.717, 1.165) is 30.4 Å². The number of anilines is 1.